The van der Waals surface area contributed by atoms with Gasteiger partial charge in [0.25, 0.3) is 0 Å². The van der Waals surface area contributed by atoms with E-state index in [9.17, 15) is 9.18 Å². The lowest BCUT2D eigenvalue weighted by Gasteiger charge is -2.07. The smallest absolute Gasteiger partial charge is 0.309 e. The van der Waals surface area contributed by atoms with Crippen LogP contribution in [0, 0.1) is 11.7 Å². The molecule has 0 amide bonds. The zero-order valence-corrected chi connectivity index (χ0v) is 12.9. The fourth-order valence-corrected chi connectivity index (χ4v) is 2.82. The molecule has 1 saturated carbocycles. The van der Waals surface area contributed by atoms with Gasteiger partial charge in [0.2, 0.25) is 0 Å². The van der Waals surface area contributed by atoms with E-state index in [1.165, 1.54) is 6.07 Å². The van der Waals surface area contributed by atoms with Gasteiger partial charge in [-0.3, -0.25) is 4.79 Å². The third kappa shape index (κ3) is 3.14. The first-order valence-electron chi connectivity index (χ1n) is 7.20. The molecule has 1 fully saturated rings. The lowest BCUT2D eigenvalue weighted by atomic mass is 10.1. The van der Waals surface area contributed by atoms with Crippen LogP contribution >= 0.6 is 11.6 Å². The van der Waals surface area contributed by atoms with E-state index in [0.717, 1.165) is 5.56 Å². The van der Waals surface area contributed by atoms with Crippen LogP contribution in [-0.2, 0) is 16.1 Å². The molecule has 2 atom stereocenters. The molecule has 2 unspecified atom stereocenters. The average molecular weight is 323 g/mol. The summed E-state index contributed by atoms with van der Waals surface area (Å²) in [4.78, 5) is 15.6. The molecule has 116 valence electrons. The molecular formula is C16H16ClFN2O2. The number of halogens is 2. The van der Waals surface area contributed by atoms with Gasteiger partial charge in [-0.15, -0.1) is 0 Å². The maximum Gasteiger partial charge on any atom is 0.309 e. The van der Waals surface area contributed by atoms with Crippen molar-refractivity contribution in [3.05, 3.63) is 52.8 Å². The molecule has 0 N–H and O–H groups in total. The van der Waals surface area contributed by atoms with Gasteiger partial charge in [-0.2, -0.15) is 0 Å². The molecule has 0 aliphatic heterocycles. The monoisotopic (exact) mass is 322 g/mol. The highest BCUT2D eigenvalue weighted by atomic mass is 35.5. The highest BCUT2D eigenvalue weighted by Gasteiger charge is 2.46. The van der Waals surface area contributed by atoms with Crippen LogP contribution in [-0.4, -0.2) is 22.1 Å². The molecule has 1 heterocycles. The normalized spacial score (nSPS) is 20.0. The number of esters is 1. The number of benzene rings is 1. The van der Waals surface area contributed by atoms with E-state index >= 15 is 0 Å². The minimum atomic E-state index is -0.277. The molecule has 4 nitrogen and oxygen atoms in total. The zero-order valence-electron chi connectivity index (χ0n) is 12.1. The van der Waals surface area contributed by atoms with Crippen molar-refractivity contribution in [2.24, 2.45) is 5.92 Å². The fourth-order valence-electron chi connectivity index (χ4n) is 2.65. The van der Waals surface area contributed by atoms with Crippen LogP contribution < -0.4 is 0 Å². The van der Waals surface area contributed by atoms with Crippen molar-refractivity contribution < 1.29 is 13.9 Å². The number of nitrogens with zero attached hydrogens (tertiary/aromatic N) is 2. The third-order valence-corrected chi connectivity index (χ3v) is 4.01. The highest BCUT2D eigenvalue weighted by molar-refractivity contribution is 6.29. The molecule has 0 bridgehead atoms. The molecule has 1 aromatic carbocycles. The summed E-state index contributed by atoms with van der Waals surface area (Å²) in [6.07, 6.45) is 3.95. The Morgan fingerprint density at radius 2 is 2.36 bits per heavy atom. The average Bonchev–Trinajstić information content (AvgIpc) is 3.16. The summed E-state index contributed by atoms with van der Waals surface area (Å²) in [5, 5.41) is 0.410. The SMILES string of the molecule is CCOC(=O)C1CC1c1ccc(Cn2cnc(Cl)c2)cc1F. The van der Waals surface area contributed by atoms with Crippen molar-refractivity contribution in [3.8, 4) is 0 Å². The Morgan fingerprint density at radius 3 is 3.00 bits per heavy atom. The zero-order chi connectivity index (χ0) is 15.7. The first-order chi connectivity index (χ1) is 10.6. The van der Waals surface area contributed by atoms with Crippen LogP contribution in [0.5, 0.6) is 0 Å². The van der Waals surface area contributed by atoms with Crippen LogP contribution in [0.25, 0.3) is 0 Å². The van der Waals surface area contributed by atoms with Crippen molar-refractivity contribution in [1.29, 1.82) is 0 Å². The molecule has 1 aliphatic carbocycles. The van der Waals surface area contributed by atoms with Crippen LogP contribution in [0.15, 0.2) is 30.7 Å². The maximum atomic E-state index is 14.3. The molecule has 0 saturated heterocycles. The Labute approximate surface area is 132 Å². The summed E-state index contributed by atoms with van der Waals surface area (Å²) in [7, 11) is 0. The Balaban J connectivity index is 1.69. The number of ether oxygens (including phenoxy) is 1. The van der Waals surface area contributed by atoms with E-state index in [1.807, 2.05) is 6.07 Å². The molecule has 2 aromatic rings. The van der Waals surface area contributed by atoms with Crippen LogP contribution in [0.2, 0.25) is 5.15 Å². The van der Waals surface area contributed by atoms with E-state index < -0.39 is 0 Å². The minimum absolute atomic E-state index is 0.0595. The lowest BCUT2D eigenvalue weighted by Crippen LogP contribution is -2.07. The van der Waals surface area contributed by atoms with Gasteiger partial charge < -0.3 is 9.30 Å². The first-order valence-corrected chi connectivity index (χ1v) is 7.58. The molecule has 0 radical (unpaired) electrons. The van der Waals surface area contributed by atoms with Crippen LogP contribution in [0.4, 0.5) is 4.39 Å². The van der Waals surface area contributed by atoms with E-state index in [-0.39, 0.29) is 23.6 Å². The Bertz CT molecular complexity index is 701. The summed E-state index contributed by atoms with van der Waals surface area (Å²) >= 11 is 5.75. The lowest BCUT2D eigenvalue weighted by molar-refractivity contribution is -0.144. The fraction of sp³-hybridized carbons (Fsp3) is 0.375. The van der Waals surface area contributed by atoms with E-state index in [0.29, 0.717) is 30.3 Å². The molecule has 3 rings (SSSR count). The van der Waals surface area contributed by atoms with E-state index in [1.54, 1.807) is 30.1 Å². The topological polar surface area (TPSA) is 44.1 Å². The van der Waals surface area contributed by atoms with E-state index in [4.69, 9.17) is 16.3 Å². The van der Waals surface area contributed by atoms with E-state index in [2.05, 4.69) is 4.98 Å². The van der Waals surface area contributed by atoms with Gasteiger partial charge in [-0.1, -0.05) is 23.7 Å². The summed E-state index contributed by atoms with van der Waals surface area (Å²) in [5.41, 5.74) is 1.41. The predicted octanol–water partition coefficient (Wildman–Crippen LogP) is 3.39. The quantitative estimate of drug-likeness (QED) is 0.793. The second-order valence-electron chi connectivity index (χ2n) is 5.43. The molecule has 22 heavy (non-hydrogen) atoms. The van der Waals surface area contributed by atoms with Gasteiger partial charge in [0.05, 0.1) is 18.9 Å². The van der Waals surface area contributed by atoms with Gasteiger partial charge in [-0.25, -0.2) is 9.37 Å². The number of hydrogen-bond donors (Lipinski definition) is 0. The Hall–Kier alpha value is -1.88. The number of hydrogen-bond acceptors (Lipinski definition) is 3. The maximum absolute atomic E-state index is 14.3. The van der Waals surface area contributed by atoms with Crippen molar-refractivity contribution in [1.82, 2.24) is 9.55 Å². The second kappa shape index (κ2) is 6.08. The number of carbonyl (C=O) groups is 1. The van der Waals surface area contributed by atoms with Gasteiger partial charge in [0.1, 0.15) is 11.0 Å². The first kappa shape index (κ1) is 15.0. The van der Waals surface area contributed by atoms with Crippen molar-refractivity contribution in [3.63, 3.8) is 0 Å². The summed E-state index contributed by atoms with van der Waals surface area (Å²) < 4.78 is 21.0. The number of imidazole rings is 1. The number of aromatic nitrogens is 2. The molecule has 0 spiro atoms. The molecular weight excluding hydrogens is 307 g/mol. The van der Waals surface area contributed by atoms with Crippen LogP contribution in [0.1, 0.15) is 30.4 Å². The standard InChI is InChI=1S/C16H16ClFN2O2/c1-2-22-16(21)13-6-12(13)11-4-3-10(5-14(11)18)7-20-8-15(17)19-9-20/h3-5,8-9,12-13H,2,6-7H2,1H3. The highest BCUT2D eigenvalue weighted by Crippen LogP contribution is 2.49. The third-order valence-electron chi connectivity index (χ3n) is 3.81. The van der Waals surface area contributed by atoms with Crippen molar-refractivity contribution in [2.75, 3.05) is 6.61 Å². The Kier molecular flexibility index (Phi) is 4.16. The molecule has 6 heteroatoms. The van der Waals surface area contributed by atoms with Gasteiger partial charge in [-0.05, 0) is 30.5 Å². The molecule has 1 aliphatic rings. The van der Waals surface area contributed by atoms with Gasteiger partial charge in [0, 0.05) is 18.7 Å². The number of rotatable bonds is 5. The number of carbonyl (C=O) groups excluding carboxylic acids is 1. The van der Waals surface area contributed by atoms with Crippen molar-refractivity contribution >= 4 is 17.6 Å². The van der Waals surface area contributed by atoms with Crippen LogP contribution in [0.3, 0.4) is 0 Å². The summed E-state index contributed by atoms with van der Waals surface area (Å²) in [6, 6.07) is 5.13. The van der Waals surface area contributed by atoms with Gasteiger partial charge in [0.15, 0.2) is 0 Å². The van der Waals surface area contributed by atoms with Gasteiger partial charge >= 0.3 is 5.97 Å². The summed E-state index contributed by atoms with van der Waals surface area (Å²) in [6.45, 7) is 2.63. The minimum Gasteiger partial charge on any atom is -0.466 e. The molecule has 1 aromatic heterocycles. The summed E-state index contributed by atoms with van der Waals surface area (Å²) in [5.74, 6) is -0.770. The van der Waals surface area contributed by atoms with Crippen molar-refractivity contribution in [2.45, 2.75) is 25.8 Å². The largest absolute Gasteiger partial charge is 0.466 e. The Morgan fingerprint density at radius 1 is 1.55 bits per heavy atom. The predicted molar refractivity (Wildman–Crippen MR) is 80.2 cm³/mol. The second-order valence-corrected chi connectivity index (χ2v) is 5.81.